The first kappa shape index (κ1) is 24.2. The summed E-state index contributed by atoms with van der Waals surface area (Å²) in [4.78, 5) is 29.5. The van der Waals surface area contributed by atoms with Crippen molar-refractivity contribution in [3.8, 4) is 0 Å². The van der Waals surface area contributed by atoms with Gasteiger partial charge in [0, 0.05) is 23.6 Å². The van der Waals surface area contributed by atoms with Crippen LogP contribution in [0.15, 0.2) is 82.9 Å². The molecule has 2 atom stereocenters. The maximum atomic E-state index is 13.1. The molecule has 0 aliphatic carbocycles. The number of aliphatic imine (C=N–C) groups is 1. The zero-order valence-electron chi connectivity index (χ0n) is 19.3. The first-order valence-corrected chi connectivity index (χ1v) is 12.7. The summed E-state index contributed by atoms with van der Waals surface area (Å²) in [5, 5.41) is 9.71. The van der Waals surface area contributed by atoms with Crippen molar-refractivity contribution in [2.45, 2.75) is 31.1 Å². The van der Waals surface area contributed by atoms with E-state index in [2.05, 4.69) is 10.3 Å². The van der Waals surface area contributed by atoms with Gasteiger partial charge in [0.15, 0.2) is 5.17 Å². The molecule has 0 unspecified atom stereocenters. The second-order valence-corrected chi connectivity index (χ2v) is 10.2. The molecule has 0 spiro atoms. The van der Waals surface area contributed by atoms with Crippen LogP contribution < -0.4 is 5.32 Å². The maximum absolute atomic E-state index is 13.1. The molecule has 1 N–H and O–H groups in total. The van der Waals surface area contributed by atoms with Gasteiger partial charge in [0.05, 0.1) is 11.8 Å². The minimum Gasteiger partial charge on any atom is -0.326 e. The number of aryl methyl sites for hydroxylation is 1. The normalized spacial score (nSPS) is 19.3. The van der Waals surface area contributed by atoms with E-state index < -0.39 is 11.1 Å². The van der Waals surface area contributed by atoms with E-state index in [4.69, 9.17) is 16.7 Å². The lowest BCUT2D eigenvalue weighted by Gasteiger charge is -2.23. The monoisotopic (exact) mass is 520 g/mol. The van der Waals surface area contributed by atoms with Crippen LogP contribution in [0.3, 0.4) is 0 Å². The Morgan fingerprint density at radius 3 is 2.61 bits per heavy atom. The average molecular weight is 521 g/mol. The van der Waals surface area contributed by atoms with Crippen molar-refractivity contribution >= 4 is 51.7 Å². The van der Waals surface area contributed by atoms with Crippen molar-refractivity contribution in [1.29, 1.82) is 0 Å². The Morgan fingerprint density at radius 2 is 1.89 bits per heavy atom. The van der Waals surface area contributed by atoms with Crippen LogP contribution in [-0.4, -0.2) is 33.0 Å². The Morgan fingerprint density at radius 1 is 1.14 bits per heavy atom. The number of hydrogen-bond donors (Lipinski definition) is 1. The molecular weight excluding hydrogens is 499 g/mol. The topological polar surface area (TPSA) is 74.1 Å². The molecule has 0 radical (unpaired) electrons. The largest absolute Gasteiger partial charge is 0.326 e. The minimum atomic E-state index is -0.668. The molecule has 2 amide bonds. The molecule has 0 bridgehead atoms. The van der Waals surface area contributed by atoms with Gasteiger partial charge < -0.3 is 5.32 Å². The molecule has 0 saturated carbocycles. The number of nitrogens with one attached hydrogen (secondary N) is 1. The van der Waals surface area contributed by atoms with E-state index in [9.17, 15) is 14.0 Å². The lowest BCUT2D eigenvalue weighted by Crippen LogP contribution is -2.25. The fraction of sp³-hybridized carbons (Fsp3) is 0.185. The molecule has 3 aromatic carbocycles. The highest BCUT2D eigenvalue weighted by Gasteiger charge is 2.39. The summed E-state index contributed by atoms with van der Waals surface area (Å²) in [5.74, 6) is -1.12. The molecule has 0 saturated heterocycles. The van der Waals surface area contributed by atoms with Gasteiger partial charge in [-0.1, -0.05) is 65.3 Å². The van der Waals surface area contributed by atoms with Gasteiger partial charge in [0.1, 0.15) is 11.1 Å². The molecule has 9 heteroatoms. The fourth-order valence-corrected chi connectivity index (χ4v) is 5.36. The van der Waals surface area contributed by atoms with Gasteiger partial charge in [-0.05, 0) is 54.4 Å². The maximum Gasteiger partial charge on any atom is 0.262 e. The van der Waals surface area contributed by atoms with E-state index in [0.29, 0.717) is 22.3 Å². The lowest BCUT2D eigenvalue weighted by molar-refractivity contribution is -0.121. The van der Waals surface area contributed by atoms with E-state index >= 15 is 0 Å². The third-order valence-corrected chi connectivity index (χ3v) is 7.33. The Hall–Kier alpha value is -3.49. The van der Waals surface area contributed by atoms with Gasteiger partial charge >= 0.3 is 0 Å². The minimum absolute atomic E-state index is 0.0575. The highest BCUT2D eigenvalue weighted by Crippen LogP contribution is 2.39. The third kappa shape index (κ3) is 5.34. The quantitative estimate of drug-likeness (QED) is 0.450. The van der Waals surface area contributed by atoms with Crippen LogP contribution in [0, 0.1) is 12.7 Å². The molecule has 0 fully saturated rings. The molecule has 5 rings (SSSR count). The van der Waals surface area contributed by atoms with Crippen LogP contribution in [0.25, 0.3) is 0 Å². The summed E-state index contributed by atoms with van der Waals surface area (Å²) in [6.45, 7) is 2.03. The molecular formula is C27H22ClFN4O2S. The number of hydrogen-bond acceptors (Lipinski definition) is 5. The first-order valence-electron chi connectivity index (χ1n) is 11.4. The van der Waals surface area contributed by atoms with Gasteiger partial charge in [-0.3, -0.25) is 9.59 Å². The molecule has 2 aliphatic heterocycles. The zero-order chi connectivity index (χ0) is 25.2. The molecule has 2 heterocycles. The standard InChI is InChI=1S/C27H22ClFN4O2S/c1-16-5-7-17(8-6-16)22-14-23(18-3-2-4-19(28)13-18)33(32-22)27-31-26(35)24(36-27)15-25(34)30-21-11-9-20(29)10-12-21/h2-13,23-24H,14-15H2,1H3,(H,30,34)/t23-,24+/m1/s1. The average Bonchev–Trinajstić information content (AvgIpc) is 3.45. The number of amides is 2. The number of rotatable bonds is 5. The number of thioether (sulfide) groups is 1. The van der Waals surface area contributed by atoms with Crippen LogP contribution in [0.1, 0.15) is 35.6 Å². The molecule has 36 heavy (non-hydrogen) atoms. The van der Waals surface area contributed by atoms with Crippen molar-refractivity contribution in [3.05, 3.63) is 100 Å². The second-order valence-electron chi connectivity index (χ2n) is 8.63. The number of hydrazone groups is 1. The van der Waals surface area contributed by atoms with Crippen molar-refractivity contribution < 1.29 is 14.0 Å². The summed E-state index contributed by atoms with van der Waals surface area (Å²) in [6, 6.07) is 21.0. The Bertz CT molecular complexity index is 1380. The van der Waals surface area contributed by atoms with Crippen LogP contribution >= 0.6 is 23.4 Å². The number of carbonyl (C=O) groups is 2. The Kier molecular flexibility index (Phi) is 6.89. The van der Waals surface area contributed by atoms with E-state index in [1.54, 1.807) is 5.01 Å². The highest BCUT2D eigenvalue weighted by atomic mass is 35.5. The number of amidine groups is 1. The molecule has 0 aromatic heterocycles. The summed E-state index contributed by atoms with van der Waals surface area (Å²) in [6.07, 6.45) is 0.560. The molecule has 6 nitrogen and oxygen atoms in total. The Labute approximate surface area is 217 Å². The third-order valence-electron chi connectivity index (χ3n) is 5.95. The predicted octanol–water partition coefficient (Wildman–Crippen LogP) is 5.97. The highest BCUT2D eigenvalue weighted by molar-refractivity contribution is 8.15. The number of nitrogens with zero attached hydrogens (tertiary/aromatic N) is 3. The van der Waals surface area contributed by atoms with Crippen molar-refractivity contribution in [1.82, 2.24) is 5.01 Å². The number of anilines is 1. The van der Waals surface area contributed by atoms with Gasteiger partial charge in [-0.2, -0.15) is 10.1 Å². The van der Waals surface area contributed by atoms with E-state index in [1.807, 2.05) is 55.5 Å². The van der Waals surface area contributed by atoms with Crippen LogP contribution in [0.5, 0.6) is 0 Å². The summed E-state index contributed by atoms with van der Waals surface area (Å²) in [5.41, 5.74) is 4.46. The van der Waals surface area contributed by atoms with Crippen molar-refractivity contribution in [2.24, 2.45) is 10.1 Å². The fourth-order valence-electron chi connectivity index (χ4n) is 4.10. The summed E-state index contributed by atoms with van der Waals surface area (Å²) >= 11 is 7.49. The van der Waals surface area contributed by atoms with Gasteiger partial charge in [0.25, 0.3) is 5.91 Å². The smallest absolute Gasteiger partial charge is 0.262 e. The van der Waals surface area contributed by atoms with E-state index in [1.165, 1.54) is 36.0 Å². The number of benzene rings is 3. The van der Waals surface area contributed by atoms with Crippen molar-refractivity contribution in [3.63, 3.8) is 0 Å². The molecule has 3 aromatic rings. The van der Waals surface area contributed by atoms with Crippen LogP contribution in [-0.2, 0) is 9.59 Å². The van der Waals surface area contributed by atoms with E-state index in [-0.39, 0.29) is 24.3 Å². The number of carbonyl (C=O) groups excluding carboxylic acids is 2. The second kappa shape index (κ2) is 10.2. The van der Waals surface area contributed by atoms with Gasteiger partial charge in [-0.15, -0.1) is 0 Å². The first-order chi connectivity index (χ1) is 17.4. The zero-order valence-corrected chi connectivity index (χ0v) is 20.9. The molecule has 182 valence electrons. The molecule has 2 aliphatic rings. The van der Waals surface area contributed by atoms with Crippen molar-refractivity contribution in [2.75, 3.05) is 5.32 Å². The Balaban J connectivity index is 1.35. The lowest BCUT2D eigenvalue weighted by atomic mass is 9.98. The number of halogens is 2. The van der Waals surface area contributed by atoms with Gasteiger partial charge in [0.2, 0.25) is 5.91 Å². The van der Waals surface area contributed by atoms with Gasteiger partial charge in [-0.25, -0.2) is 9.40 Å². The van der Waals surface area contributed by atoms with E-state index in [0.717, 1.165) is 22.4 Å². The summed E-state index contributed by atoms with van der Waals surface area (Å²) in [7, 11) is 0. The van der Waals surface area contributed by atoms with Crippen LogP contribution in [0.2, 0.25) is 5.02 Å². The summed E-state index contributed by atoms with van der Waals surface area (Å²) < 4.78 is 13.1. The SMILES string of the molecule is Cc1ccc(C2=NN(C3=NC(=O)[C@H](CC(=O)Nc4ccc(F)cc4)S3)[C@@H](c3cccc(Cl)c3)C2)cc1. The predicted molar refractivity (Wildman–Crippen MR) is 142 cm³/mol. The van der Waals surface area contributed by atoms with Crippen LogP contribution in [0.4, 0.5) is 10.1 Å².